The number of carbonyl (C=O) groups excluding carboxylic acids is 1. The smallest absolute Gasteiger partial charge is 0.224 e. The van der Waals surface area contributed by atoms with Gasteiger partial charge in [0.05, 0.1) is 11.7 Å². The van der Waals surface area contributed by atoms with Gasteiger partial charge < -0.3 is 20.1 Å². The first-order valence-corrected chi connectivity index (χ1v) is 12.4. The molecule has 0 radical (unpaired) electrons. The molecule has 2 N–H and O–H groups in total. The number of thiocarbonyl (C=S) groups is 1. The molecule has 182 valence electrons. The minimum Gasteiger partial charge on any atom is -0.351 e. The highest BCUT2D eigenvalue weighted by Crippen LogP contribution is 2.42. The summed E-state index contributed by atoms with van der Waals surface area (Å²) in [5.41, 5.74) is 5.89. The molecular weight excluding hydrogens is 468 g/mol. The van der Waals surface area contributed by atoms with Gasteiger partial charge in [0.2, 0.25) is 5.91 Å². The van der Waals surface area contributed by atoms with Crippen LogP contribution in [0.2, 0.25) is 0 Å². The van der Waals surface area contributed by atoms with Crippen molar-refractivity contribution >= 4 is 34.6 Å². The van der Waals surface area contributed by atoms with Crippen LogP contribution in [0.1, 0.15) is 47.9 Å². The van der Waals surface area contributed by atoms with Crippen molar-refractivity contribution < 1.29 is 4.79 Å². The average Bonchev–Trinajstić information content (AvgIpc) is 3.49. The van der Waals surface area contributed by atoms with Gasteiger partial charge in [-0.3, -0.25) is 14.8 Å². The fraction of sp³-hybridized carbons (Fsp3) is 0.214. The molecule has 36 heavy (non-hydrogen) atoms. The molecule has 0 spiro atoms. The number of nitrogens with one attached hydrogen (secondary N) is 2. The van der Waals surface area contributed by atoms with Crippen LogP contribution in [0.5, 0.6) is 0 Å². The van der Waals surface area contributed by atoms with Gasteiger partial charge in [-0.15, -0.1) is 0 Å². The second-order valence-electron chi connectivity index (χ2n) is 8.82. The van der Waals surface area contributed by atoms with Crippen LogP contribution in [0.3, 0.4) is 0 Å². The molecule has 2 atom stereocenters. The Kier molecular flexibility index (Phi) is 6.77. The zero-order valence-electron chi connectivity index (χ0n) is 20.3. The molecule has 0 bridgehead atoms. The minimum absolute atomic E-state index is 0.00877. The molecule has 1 amide bonds. The van der Waals surface area contributed by atoms with Crippen LogP contribution in [-0.4, -0.2) is 25.6 Å². The Balaban J connectivity index is 1.56. The Hall–Kier alpha value is -4.04. The molecule has 1 saturated heterocycles. The SMILES string of the molecule is CCC(=O)Nc1ccc(N2C(=S)NC(c3ccccn3)C2c2cccn2Cc2cccnc2)cc1C. The molecular formula is C28H28N6OS. The summed E-state index contributed by atoms with van der Waals surface area (Å²) in [4.78, 5) is 23.0. The number of hydrogen-bond donors (Lipinski definition) is 2. The van der Waals surface area contributed by atoms with Gasteiger partial charge in [-0.25, -0.2) is 0 Å². The Morgan fingerprint density at radius 3 is 2.72 bits per heavy atom. The molecule has 0 aliphatic carbocycles. The molecule has 4 heterocycles. The first-order chi connectivity index (χ1) is 17.5. The summed E-state index contributed by atoms with van der Waals surface area (Å²) in [5.74, 6) is -0.00877. The van der Waals surface area contributed by atoms with E-state index in [0.29, 0.717) is 18.1 Å². The number of benzene rings is 1. The summed E-state index contributed by atoms with van der Waals surface area (Å²) in [6.45, 7) is 4.54. The Labute approximate surface area is 216 Å². The molecule has 8 heteroatoms. The van der Waals surface area contributed by atoms with Crippen LogP contribution in [0, 0.1) is 6.92 Å². The second kappa shape index (κ2) is 10.3. The van der Waals surface area contributed by atoms with Crippen LogP contribution in [0.15, 0.2) is 85.5 Å². The van der Waals surface area contributed by atoms with E-state index in [4.69, 9.17) is 12.2 Å². The molecule has 0 saturated carbocycles. The third-order valence-electron chi connectivity index (χ3n) is 6.42. The number of pyridine rings is 2. The van der Waals surface area contributed by atoms with Gasteiger partial charge in [0.1, 0.15) is 6.04 Å². The van der Waals surface area contributed by atoms with Crippen molar-refractivity contribution in [1.29, 1.82) is 0 Å². The van der Waals surface area contributed by atoms with Crippen molar-refractivity contribution in [3.8, 4) is 0 Å². The molecule has 1 aromatic carbocycles. The Bertz CT molecular complexity index is 1370. The van der Waals surface area contributed by atoms with Crippen molar-refractivity contribution in [2.24, 2.45) is 0 Å². The normalized spacial score (nSPS) is 17.2. The molecule has 4 aromatic rings. The number of aryl methyl sites for hydroxylation is 1. The van der Waals surface area contributed by atoms with Crippen molar-refractivity contribution in [1.82, 2.24) is 19.9 Å². The number of anilines is 2. The van der Waals surface area contributed by atoms with Gasteiger partial charge in [0.25, 0.3) is 0 Å². The fourth-order valence-electron chi connectivity index (χ4n) is 4.64. The molecule has 1 aliphatic rings. The predicted octanol–water partition coefficient (Wildman–Crippen LogP) is 5.16. The topological polar surface area (TPSA) is 75.1 Å². The summed E-state index contributed by atoms with van der Waals surface area (Å²) < 4.78 is 2.24. The molecule has 2 unspecified atom stereocenters. The maximum absolute atomic E-state index is 12.0. The van der Waals surface area contributed by atoms with Crippen LogP contribution in [0.4, 0.5) is 11.4 Å². The third-order valence-corrected chi connectivity index (χ3v) is 6.74. The van der Waals surface area contributed by atoms with Crippen LogP contribution in [-0.2, 0) is 11.3 Å². The summed E-state index contributed by atoms with van der Waals surface area (Å²) in [6, 6.07) is 19.9. The summed E-state index contributed by atoms with van der Waals surface area (Å²) in [5, 5.41) is 7.13. The minimum atomic E-state index is -0.138. The quantitative estimate of drug-likeness (QED) is 0.344. The zero-order chi connectivity index (χ0) is 25.1. The van der Waals surface area contributed by atoms with E-state index in [2.05, 4.69) is 60.5 Å². The van der Waals surface area contributed by atoms with Gasteiger partial charge in [0, 0.05) is 54.8 Å². The number of aromatic nitrogens is 3. The maximum atomic E-state index is 12.0. The standard InChI is InChI=1S/C28H28N6OS/c1-3-25(35)31-22-12-11-21(16-19(22)2)34-27(26(32-28(34)36)23-9-4-5-14-30-23)24-10-7-15-33(24)18-20-8-6-13-29-17-20/h4-17,26-27H,3,18H2,1-2H3,(H,31,35)(H,32,36). The van der Waals surface area contributed by atoms with E-state index >= 15 is 0 Å². The van der Waals surface area contributed by atoms with Crippen molar-refractivity contribution in [2.45, 2.75) is 38.9 Å². The lowest BCUT2D eigenvalue weighted by molar-refractivity contribution is -0.115. The van der Waals surface area contributed by atoms with E-state index in [1.165, 1.54) is 0 Å². The van der Waals surface area contributed by atoms with E-state index in [9.17, 15) is 4.79 Å². The van der Waals surface area contributed by atoms with Gasteiger partial charge in [-0.05, 0) is 78.8 Å². The number of carbonyl (C=O) groups is 1. The fourth-order valence-corrected chi connectivity index (χ4v) is 4.98. The Morgan fingerprint density at radius 2 is 2.00 bits per heavy atom. The van der Waals surface area contributed by atoms with Gasteiger partial charge >= 0.3 is 0 Å². The average molecular weight is 497 g/mol. The molecule has 7 nitrogen and oxygen atoms in total. The summed E-state index contributed by atoms with van der Waals surface area (Å²) >= 11 is 5.89. The number of hydrogen-bond acceptors (Lipinski definition) is 4. The lowest BCUT2D eigenvalue weighted by atomic mass is 10.0. The lowest BCUT2D eigenvalue weighted by Crippen LogP contribution is -2.30. The predicted molar refractivity (Wildman–Crippen MR) is 146 cm³/mol. The second-order valence-corrected chi connectivity index (χ2v) is 9.21. The van der Waals surface area contributed by atoms with E-state index in [0.717, 1.165) is 33.9 Å². The highest BCUT2D eigenvalue weighted by atomic mass is 32.1. The lowest BCUT2D eigenvalue weighted by Gasteiger charge is -2.29. The largest absolute Gasteiger partial charge is 0.351 e. The van der Waals surface area contributed by atoms with Gasteiger partial charge in [-0.1, -0.05) is 19.1 Å². The third kappa shape index (κ3) is 4.72. The summed E-state index contributed by atoms with van der Waals surface area (Å²) in [6.07, 6.45) is 8.01. The van der Waals surface area contributed by atoms with Crippen LogP contribution in [0.25, 0.3) is 0 Å². The zero-order valence-corrected chi connectivity index (χ0v) is 21.1. The number of nitrogens with zero attached hydrogens (tertiary/aromatic N) is 4. The van der Waals surface area contributed by atoms with E-state index in [1.807, 2.05) is 62.6 Å². The maximum Gasteiger partial charge on any atom is 0.224 e. The molecule has 1 aliphatic heterocycles. The van der Waals surface area contributed by atoms with Gasteiger partial charge in [0.15, 0.2) is 5.11 Å². The van der Waals surface area contributed by atoms with Crippen LogP contribution >= 0.6 is 12.2 Å². The van der Waals surface area contributed by atoms with Crippen molar-refractivity contribution in [3.63, 3.8) is 0 Å². The van der Waals surface area contributed by atoms with E-state index < -0.39 is 0 Å². The highest BCUT2D eigenvalue weighted by Gasteiger charge is 2.42. The molecule has 5 rings (SSSR count). The Morgan fingerprint density at radius 1 is 1.11 bits per heavy atom. The van der Waals surface area contributed by atoms with E-state index in [-0.39, 0.29) is 18.0 Å². The number of rotatable bonds is 7. The molecule has 3 aromatic heterocycles. The van der Waals surface area contributed by atoms with Crippen LogP contribution < -0.4 is 15.5 Å². The highest BCUT2D eigenvalue weighted by molar-refractivity contribution is 7.80. The molecule has 1 fully saturated rings. The monoisotopic (exact) mass is 496 g/mol. The van der Waals surface area contributed by atoms with E-state index in [1.54, 1.807) is 6.20 Å². The first kappa shape index (κ1) is 23.7. The van der Waals surface area contributed by atoms with Gasteiger partial charge in [-0.2, -0.15) is 0 Å². The number of amides is 1. The van der Waals surface area contributed by atoms with Crippen molar-refractivity contribution in [3.05, 3.63) is 108 Å². The first-order valence-electron chi connectivity index (χ1n) is 12.0. The van der Waals surface area contributed by atoms with Crippen molar-refractivity contribution in [2.75, 3.05) is 10.2 Å². The summed E-state index contributed by atoms with van der Waals surface area (Å²) in [7, 11) is 0.